The van der Waals surface area contributed by atoms with E-state index in [9.17, 15) is 9.59 Å². The van der Waals surface area contributed by atoms with E-state index in [1.54, 1.807) is 48.7 Å². The second-order valence-corrected chi connectivity index (χ2v) is 5.69. The van der Waals surface area contributed by atoms with E-state index in [1.807, 2.05) is 18.2 Å². The van der Waals surface area contributed by atoms with Crippen molar-refractivity contribution in [3.05, 3.63) is 84.4 Å². The fourth-order valence-electron chi connectivity index (χ4n) is 2.59. The van der Waals surface area contributed by atoms with Gasteiger partial charge in [0, 0.05) is 17.1 Å². The highest BCUT2D eigenvalue weighted by Crippen LogP contribution is 2.22. The minimum Gasteiger partial charge on any atom is -0.431 e. The van der Waals surface area contributed by atoms with Crippen molar-refractivity contribution >= 4 is 34.4 Å². The first kappa shape index (κ1) is 16.5. The fraction of sp³-hybridized carbons (Fsp3) is 0. The van der Waals surface area contributed by atoms with E-state index in [2.05, 4.69) is 20.6 Å². The van der Waals surface area contributed by atoms with Crippen molar-refractivity contribution in [2.75, 3.05) is 10.6 Å². The molecule has 0 spiro atoms. The van der Waals surface area contributed by atoms with Crippen molar-refractivity contribution in [1.29, 1.82) is 0 Å². The van der Waals surface area contributed by atoms with Gasteiger partial charge in [0.15, 0.2) is 5.69 Å². The van der Waals surface area contributed by atoms with Crippen LogP contribution in [0.15, 0.2) is 77.5 Å². The van der Waals surface area contributed by atoms with Crippen molar-refractivity contribution in [3.8, 4) is 0 Å². The summed E-state index contributed by atoms with van der Waals surface area (Å²) in [7, 11) is 0. The van der Waals surface area contributed by atoms with Gasteiger partial charge in [-0.1, -0.05) is 24.3 Å². The molecule has 27 heavy (non-hydrogen) atoms. The van der Waals surface area contributed by atoms with Crippen molar-refractivity contribution < 1.29 is 14.0 Å². The van der Waals surface area contributed by atoms with Gasteiger partial charge >= 0.3 is 6.01 Å². The van der Waals surface area contributed by atoms with Crippen molar-refractivity contribution in [2.45, 2.75) is 0 Å². The van der Waals surface area contributed by atoms with Gasteiger partial charge in [-0.2, -0.15) is 4.98 Å². The molecular weight excluding hydrogens is 344 g/mol. The van der Waals surface area contributed by atoms with Crippen LogP contribution in [0.25, 0.3) is 10.9 Å². The molecule has 4 aromatic rings. The number of nitrogens with one attached hydrogen (secondary N) is 2. The van der Waals surface area contributed by atoms with Crippen LogP contribution in [0.5, 0.6) is 0 Å². The van der Waals surface area contributed by atoms with Crippen LogP contribution in [0.3, 0.4) is 0 Å². The molecule has 0 unspecified atom stereocenters. The van der Waals surface area contributed by atoms with E-state index in [0.29, 0.717) is 11.3 Å². The third-order valence-corrected chi connectivity index (χ3v) is 3.89. The van der Waals surface area contributed by atoms with Gasteiger partial charge in [0.05, 0.1) is 11.2 Å². The van der Waals surface area contributed by atoms with Crippen LogP contribution in [0, 0.1) is 0 Å². The van der Waals surface area contributed by atoms with Gasteiger partial charge in [-0.3, -0.25) is 19.9 Å². The summed E-state index contributed by atoms with van der Waals surface area (Å²) in [4.78, 5) is 32.9. The molecular formula is C20H14N4O3. The molecule has 0 saturated carbocycles. The smallest absolute Gasteiger partial charge is 0.302 e. The van der Waals surface area contributed by atoms with Crippen LogP contribution in [0.4, 0.5) is 11.7 Å². The molecule has 2 aromatic heterocycles. The fourth-order valence-corrected chi connectivity index (χ4v) is 2.59. The SMILES string of the molecule is O=C(Nc1nc(C(=O)Nc2cccc3ncccc23)co1)c1ccccc1. The Morgan fingerprint density at radius 1 is 0.852 bits per heavy atom. The minimum atomic E-state index is -0.449. The molecule has 0 atom stereocenters. The summed E-state index contributed by atoms with van der Waals surface area (Å²) in [5.41, 5.74) is 1.90. The number of oxazole rings is 1. The highest BCUT2D eigenvalue weighted by atomic mass is 16.4. The van der Waals surface area contributed by atoms with Gasteiger partial charge in [0.1, 0.15) is 6.26 Å². The lowest BCUT2D eigenvalue weighted by Crippen LogP contribution is -2.14. The largest absolute Gasteiger partial charge is 0.431 e. The first-order chi connectivity index (χ1) is 13.2. The lowest BCUT2D eigenvalue weighted by Gasteiger charge is -2.06. The minimum absolute atomic E-state index is 0.0476. The van der Waals surface area contributed by atoms with Gasteiger partial charge in [-0.15, -0.1) is 0 Å². The van der Waals surface area contributed by atoms with E-state index in [1.165, 1.54) is 6.26 Å². The number of carbonyl (C=O) groups is 2. The summed E-state index contributed by atoms with van der Waals surface area (Å²) in [6.45, 7) is 0. The predicted octanol–water partition coefficient (Wildman–Crippen LogP) is 3.73. The number of fused-ring (bicyclic) bond motifs is 1. The first-order valence-corrected chi connectivity index (χ1v) is 8.18. The maximum atomic E-state index is 12.5. The normalized spacial score (nSPS) is 10.5. The Hall–Kier alpha value is -4.00. The zero-order chi connectivity index (χ0) is 18.6. The molecule has 0 saturated heterocycles. The number of carbonyl (C=O) groups excluding carboxylic acids is 2. The summed E-state index contributed by atoms with van der Waals surface area (Å²) in [5, 5.41) is 6.12. The molecule has 0 aliphatic carbocycles. The Labute approximate surface area is 154 Å². The molecule has 2 heterocycles. The standard InChI is InChI=1S/C20H14N4O3/c25-18(13-6-2-1-3-7-13)24-20-23-17(12-27-20)19(26)22-16-10-4-9-15-14(16)8-5-11-21-15/h1-12H,(H,22,26)(H,23,24,25). The van der Waals surface area contributed by atoms with Crippen LogP contribution < -0.4 is 10.6 Å². The maximum Gasteiger partial charge on any atom is 0.302 e. The highest BCUT2D eigenvalue weighted by molar-refractivity contribution is 6.08. The van der Waals surface area contributed by atoms with Crippen LogP contribution in [0.1, 0.15) is 20.8 Å². The molecule has 0 aliphatic rings. The summed E-state index contributed by atoms with van der Waals surface area (Å²) in [6.07, 6.45) is 2.88. The summed E-state index contributed by atoms with van der Waals surface area (Å²) in [6, 6.07) is 17.7. The van der Waals surface area contributed by atoms with E-state index in [0.717, 1.165) is 10.9 Å². The molecule has 0 bridgehead atoms. The van der Waals surface area contributed by atoms with Gasteiger partial charge in [0.25, 0.3) is 11.8 Å². The molecule has 0 aliphatic heterocycles. The zero-order valence-electron chi connectivity index (χ0n) is 14.0. The van der Waals surface area contributed by atoms with Crippen LogP contribution >= 0.6 is 0 Å². The van der Waals surface area contributed by atoms with Crippen LogP contribution in [-0.2, 0) is 0 Å². The molecule has 2 N–H and O–H groups in total. The highest BCUT2D eigenvalue weighted by Gasteiger charge is 2.15. The number of pyridine rings is 1. The number of benzene rings is 2. The summed E-state index contributed by atoms with van der Waals surface area (Å²) < 4.78 is 5.19. The van der Waals surface area contributed by atoms with E-state index < -0.39 is 5.91 Å². The number of nitrogens with zero attached hydrogens (tertiary/aromatic N) is 2. The molecule has 7 heteroatoms. The van der Waals surface area contributed by atoms with Crippen LogP contribution in [0.2, 0.25) is 0 Å². The Balaban J connectivity index is 1.49. The number of anilines is 2. The van der Waals surface area contributed by atoms with Gasteiger partial charge in [0.2, 0.25) is 0 Å². The number of aromatic nitrogens is 2. The first-order valence-electron chi connectivity index (χ1n) is 8.18. The molecule has 7 nitrogen and oxygen atoms in total. The molecule has 4 rings (SSSR count). The average molecular weight is 358 g/mol. The van der Waals surface area contributed by atoms with Gasteiger partial charge in [-0.25, -0.2) is 0 Å². The second kappa shape index (κ2) is 7.09. The maximum absolute atomic E-state index is 12.5. The van der Waals surface area contributed by atoms with Crippen LogP contribution in [-0.4, -0.2) is 21.8 Å². The third-order valence-electron chi connectivity index (χ3n) is 3.89. The second-order valence-electron chi connectivity index (χ2n) is 5.69. The molecule has 132 valence electrons. The molecule has 2 aromatic carbocycles. The van der Waals surface area contributed by atoms with Gasteiger partial charge < -0.3 is 9.73 Å². The van der Waals surface area contributed by atoms with E-state index in [4.69, 9.17) is 4.42 Å². The Kier molecular flexibility index (Phi) is 4.32. The van der Waals surface area contributed by atoms with E-state index in [-0.39, 0.29) is 17.6 Å². The Morgan fingerprint density at radius 3 is 2.56 bits per heavy atom. The monoisotopic (exact) mass is 358 g/mol. The molecule has 0 fully saturated rings. The quantitative estimate of drug-likeness (QED) is 0.579. The predicted molar refractivity (Wildman–Crippen MR) is 101 cm³/mol. The topological polar surface area (TPSA) is 97.1 Å². The molecule has 2 amide bonds. The number of hydrogen-bond acceptors (Lipinski definition) is 5. The summed E-state index contributed by atoms with van der Waals surface area (Å²) >= 11 is 0. The number of hydrogen-bond donors (Lipinski definition) is 2. The number of rotatable bonds is 4. The van der Waals surface area contributed by atoms with Crippen molar-refractivity contribution in [3.63, 3.8) is 0 Å². The Bertz CT molecular complexity index is 1120. The number of amides is 2. The lowest BCUT2D eigenvalue weighted by molar-refractivity contribution is 0.101. The zero-order valence-corrected chi connectivity index (χ0v) is 14.0. The Morgan fingerprint density at radius 2 is 1.70 bits per heavy atom. The van der Waals surface area contributed by atoms with Crippen molar-refractivity contribution in [1.82, 2.24) is 9.97 Å². The summed E-state index contributed by atoms with van der Waals surface area (Å²) in [5.74, 6) is -0.820. The average Bonchev–Trinajstić information content (AvgIpc) is 3.17. The molecule has 0 radical (unpaired) electrons. The lowest BCUT2D eigenvalue weighted by atomic mass is 10.2. The van der Waals surface area contributed by atoms with E-state index >= 15 is 0 Å². The third kappa shape index (κ3) is 3.52. The van der Waals surface area contributed by atoms with Crippen molar-refractivity contribution in [2.24, 2.45) is 0 Å². The van der Waals surface area contributed by atoms with Gasteiger partial charge in [-0.05, 0) is 36.4 Å².